The lowest BCUT2D eigenvalue weighted by molar-refractivity contribution is 0.0342. The molecule has 0 spiro atoms. The Bertz CT molecular complexity index is 1050. The molecule has 1 amide bonds. The van der Waals surface area contributed by atoms with E-state index in [1.54, 1.807) is 12.4 Å². The van der Waals surface area contributed by atoms with E-state index >= 15 is 0 Å². The van der Waals surface area contributed by atoms with Gasteiger partial charge in [0, 0.05) is 44.1 Å². The van der Waals surface area contributed by atoms with Gasteiger partial charge >= 0.3 is 0 Å². The minimum Gasteiger partial charge on any atom is -0.379 e. The molecule has 0 aliphatic carbocycles. The molecule has 1 atom stereocenters. The summed E-state index contributed by atoms with van der Waals surface area (Å²) < 4.78 is 5.42. The van der Waals surface area contributed by atoms with Gasteiger partial charge in [-0.25, -0.2) is 9.97 Å². The summed E-state index contributed by atoms with van der Waals surface area (Å²) in [7, 11) is 0. The third-order valence-electron chi connectivity index (χ3n) is 6.14. The van der Waals surface area contributed by atoms with Gasteiger partial charge in [-0.1, -0.05) is 18.2 Å². The Morgan fingerprint density at radius 3 is 2.59 bits per heavy atom. The molecular weight excluding hydrogens is 402 g/mol. The van der Waals surface area contributed by atoms with Crippen LogP contribution in [0.25, 0.3) is 11.5 Å². The quantitative estimate of drug-likeness (QED) is 0.619. The van der Waals surface area contributed by atoms with Crippen molar-refractivity contribution in [1.82, 2.24) is 24.8 Å². The number of ether oxygens (including phenoxy) is 1. The van der Waals surface area contributed by atoms with Crippen molar-refractivity contribution in [2.24, 2.45) is 0 Å². The number of carbonyl (C=O) groups excluding carboxylic acids is 1. The van der Waals surface area contributed by atoms with E-state index in [0.29, 0.717) is 5.82 Å². The molecule has 0 N–H and O–H groups in total. The van der Waals surface area contributed by atoms with Crippen LogP contribution in [0.4, 0.5) is 0 Å². The fourth-order valence-electron chi connectivity index (χ4n) is 4.43. The van der Waals surface area contributed by atoms with Gasteiger partial charge in [0.1, 0.15) is 5.69 Å². The zero-order valence-electron chi connectivity index (χ0n) is 18.1. The number of pyridine rings is 1. The second-order valence-corrected chi connectivity index (χ2v) is 8.26. The Kier molecular flexibility index (Phi) is 6.18. The van der Waals surface area contributed by atoms with E-state index in [2.05, 4.69) is 27.0 Å². The van der Waals surface area contributed by atoms with Crippen LogP contribution >= 0.6 is 0 Å². The van der Waals surface area contributed by atoms with E-state index in [4.69, 9.17) is 9.72 Å². The fourth-order valence-corrected chi connectivity index (χ4v) is 4.43. The van der Waals surface area contributed by atoms with Crippen LogP contribution in [0.2, 0.25) is 0 Å². The third-order valence-corrected chi connectivity index (χ3v) is 6.14. The molecule has 4 heterocycles. The summed E-state index contributed by atoms with van der Waals surface area (Å²) in [5, 5.41) is 0. The Hall–Kier alpha value is -3.16. The van der Waals surface area contributed by atoms with Crippen LogP contribution in [-0.2, 0) is 11.3 Å². The SMILES string of the molecule is O=C(c1ccc(CN2CCOCC2)cc1)N1CCCC1c1ccnc(-c2ccccn2)n1. The number of aromatic nitrogens is 3. The second-order valence-electron chi connectivity index (χ2n) is 8.26. The van der Waals surface area contributed by atoms with Gasteiger partial charge in [0.15, 0.2) is 5.82 Å². The largest absolute Gasteiger partial charge is 0.379 e. The molecule has 7 nitrogen and oxygen atoms in total. The number of amides is 1. The predicted octanol–water partition coefficient (Wildman–Crippen LogP) is 3.35. The van der Waals surface area contributed by atoms with Crippen LogP contribution in [0, 0.1) is 0 Å². The number of rotatable bonds is 5. The lowest BCUT2D eigenvalue weighted by Crippen LogP contribution is -2.35. The minimum atomic E-state index is -0.0408. The lowest BCUT2D eigenvalue weighted by Gasteiger charge is -2.27. The predicted molar refractivity (Wildman–Crippen MR) is 121 cm³/mol. The van der Waals surface area contributed by atoms with Crippen molar-refractivity contribution in [3.8, 4) is 11.5 Å². The van der Waals surface area contributed by atoms with Crippen molar-refractivity contribution in [1.29, 1.82) is 0 Å². The molecular formula is C25H27N5O2. The highest BCUT2D eigenvalue weighted by Crippen LogP contribution is 2.32. The highest BCUT2D eigenvalue weighted by atomic mass is 16.5. The topological polar surface area (TPSA) is 71.5 Å². The summed E-state index contributed by atoms with van der Waals surface area (Å²) in [5.41, 5.74) is 3.55. The van der Waals surface area contributed by atoms with Crippen LogP contribution in [0.1, 0.15) is 40.5 Å². The first kappa shape index (κ1) is 20.7. The molecule has 1 unspecified atom stereocenters. The van der Waals surface area contributed by atoms with Gasteiger partial charge in [-0.3, -0.25) is 14.7 Å². The number of benzene rings is 1. The normalized spacial score (nSPS) is 19.2. The van der Waals surface area contributed by atoms with Gasteiger partial charge in [-0.15, -0.1) is 0 Å². The van der Waals surface area contributed by atoms with Gasteiger partial charge in [-0.05, 0) is 48.7 Å². The van der Waals surface area contributed by atoms with Crippen molar-refractivity contribution in [3.63, 3.8) is 0 Å². The summed E-state index contributed by atoms with van der Waals surface area (Å²) in [5.74, 6) is 0.651. The zero-order valence-corrected chi connectivity index (χ0v) is 18.1. The molecule has 0 saturated carbocycles. The van der Waals surface area contributed by atoms with Gasteiger partial charge < -0.3 is 9.64 Å². The molecule has 2 aliphatic heterocycles. The summed E-state index contributed by atoms with van der Waals surface area (Å²) in [6.45, 7) is 5.12. The first-order valence-corrected chi connectivity index (χ1v) is 11.2. The van der Waals surface area contributed by atoms with Gasteiger partial charge in [0.05, 0.1) is 24.9 Å². The van der Waals surface area contributed by atoms with E-state index in [-0.39, 0.29) is 11.9 Å². The van der Waals surface area contributed by atoms with Crippen molar-refractivity contribution >= 4 is 5.91 Å². The summed E-state index contributed by atoms with van der Waals surface area (Å²) >= 11 is 0. The van der Waals surface area contributed by atoms with Gasteiger partial charge in [0.2, 0.25) is 0 Å². The van der Waals surface area contributed by atoms with E-state index in [1.807, 2.05) is 41.3 Å². The maximum Gasteiger partial charge on any atom is 0.254 e. The smallest absolute Gasteiger partial charge is 0.254 e. The molecule has 1 aromatic carbocycles. The molecule has 0 bridgehead atoms. The Balaban J connectivity index is 1.30. The van der Waals surface area contributed by atoms with Crippen LogP contribution in [0.5, 0.6) is 0 Å². The average Bonchev–Trinajstić information content (AvgIpc) is 3.35. The number of carbonyl (C=O) groups is 1. The first-order valence-electron chi connectivity index (χ1n) is 11.2. The molecule has 3 aromatic rings. The number of hydrogen-bond donors (Lipinski definition) is 0. The molecule has 2 fully saturated rings. The molecule has 7 heteroatoms. The zero-order chi connectivity index (χ0) is 21.8. The van der Waals surface area contributed by atoms with Crippen LogP contribution in [0.15, 0.2) is 60.9 Å². The van der Waals surface area contributed by atoms with Crippen molar-refractivity contribution in [3.05, 3.63) is 77.7 Å². The van der Waals surface area contributed by atoms with Crippen molar-refractivity contribution in [2.75, 3.05) is 32.8 Å². The summed E-state index contributed by atoms with van der Waals surface area (Å²) in [6, 6.07) is 15.6. The van der Waals surface area contributed by atoms with Crippen LogP contribution in [0.3, 0.4) is 0 Å². The van der Waals surface area contributed by atoms with Gasteiger partial charge in [0.25, 0.3) is 5.91 Å². The van der Waals surface area contributed by atoms with E-state index < -0.39 is 0 Å². The molecule has 2 aliphatic rings. The molecule has 164 valence electrons. The lowest BCUT2D eigenvalue weighted by atomic mass is 10.1. The minimum absolute atomic E-state index is 0.0408. The highest BCUT2D eigenvalue weighted by Gasteiger charge is 2.32. The van der Waals surface area contributed by atoms with Crippen molar-refractivity contribution < 1.29 is 9.53 Å². The van der Waals surface area contributed by atoms with E-state index in [0.717, 1.165) is 69.2 Å². The summed E-state index contributed by atoms with van der Waals surface area (Å²) in [6.07, 6.45) is 5.36. The maximum absolute atomic E-state index is 13.3. The first-order chi connectivity index (χ1) is 15.8. The van der Waals surface area contributed by atoms with E-state index in [9.17, 15) is 4.79 Å². The number of nitrogens with zero attached hydrogens (tertiary/aromatic N) is 5. The van der Waals surface area contributed by atoms with Crippen molar-refractivity contribution in [2.45, 2.75) is 25.4 Å². The summed E-state index contributed by atoms with van der Waals surface area (Å²) in [4.78, 5) is 31.1. The molecule has 2 aromatic heterocycles. The van der Waals surface area contributed by atoms with Crippen LogP contribution < -0.4 is 0 Å². The molecule has 32 heavy (non-hydrogen) atoms. The highest BCUT2D eigenvalue weighted by molar-refractivity contribution is 5.94. The number of likely N-dealkylation sites (tertiary alicyclic amines) is 1. The fraction of sp³-hybridized carbons (Fsp3) is 0.360. The standard InChI is InChI=1S/C25H27N5O2/c31-25(20-8-6-19(7-9-20)18-29-14-16-32-17-15-29)30-13-3-5-23(30)21-10-12-27-24(28-21)22-4-1-2-11-26-22/h1-2,4,6-12,23H,3,5,13-18H2. The number of hydrogen-bond acceptors (Lipinski definition) is 6. The molecule has 0 radical (unpaired) electrons. The Morgan fingerprint density at radius 1 is 0.969 bits per heavy atom. The third kappa shape index (κ3) is 4.54. The number of morpholine rings is 1. The average molecular weight is 430 g/mol. The van der Waals surface area contributed by atoms with Gasteiger partial charge in [-0.2, -0.15) is 0 Å². The molecule has 5 rings (SSSR count). The Labute approximate surface area is 188 Å². The molecule has 2 saturated heterocycles. The Morgan fingerprint density at radius 2 is 1.81 bits per heavy atom. The maximum atomic E-state index is 13.3. The van der Waals surface area contributed by atoms with Crippen LogP contribution in [-0.4, -0.2) is 63.5 Å². The van der Waals surface area contributed by atoms with E-state index in [1.165, 1.54) is 5.56 Å². The second kappa shape index (κ2) is 9.54. The monoisotopic (exact) mass is 429 g/mol.